The Labute approximate surface area is 153 Å². The molecule has 26 heavy (non-hydrogen) atoms. The van der Waals surface area contributed by atoms with Crippen molar-refractivity contribution < 1.29 is 4.79 Å². The Hall–Kier alpha value is -2.89. The van der Waals surface area contributed by atoms with Crippen molar-refractivity contribution in [2.75, 3.05) is 18.4 Å². The van der Waals surface area contributed by atoms with Gasteiger partial charge in [-0.1, -0.05) is 19.9 Å². The molecule has 0 radical (unpaired) electrons. The maximum atomic E-state index is 12.1. The predicted octanol–water partition coefficient (Wildman–Crippen LogP) is 2.59. The first-order valence-electron chi connectivity index (χ1n) is 9.00. The van der Waals surface area contributed by atoms with E-state index < -0.39 is 0 Å². The van der Waals surface area contributed by atoms with Gasteiger partial charge >= 0.3 is 0 Å². The smallest absolute Gasteiger partial charge is 0.271 e. The van der Waals surface area contributed by atoms with E-state index in [2.05, 4.69) is 22.2 Å². The van der Waals surface area contributed by atoms with Crippen LogP contribution < -0.4 is 10.9 Å². The van der Waals surface area contributed by atoms with Gasteiger partial charge in [0.1, 0.15) is 5.69 Å². The van der Waals surface area contributed by atoms with Crippen LogP contribution in [-0.4, -0.2) is 39.9 Å². The van der Waals surface area contributed by atoms with Gasteiger partial charge in [-0.3, -0.25) is 14.6 Å². The van der Waals surface area contributed by atoms with Crippen LogP contribution in [0.15, 0.2) is 47.5 Å². The molecule has 0 atom stereocenters. The van der Waals surface area contributed by atoms with E-state index in [4.69, 9.17) is 0 Å². The number of aromatic amines is 1. The van der Waals surface area contributed by atoms with Crippen LogP contribution in [0.4, 0.5) is 5.69 Å². The molecule has 136 valence electrons. The zero-order valence-corrected chi connectivity index (χ0v) is 15.2. The Morgan fingerprint density at radius 2 is 2.15 bits per heavy atom. The van der Waals surface area contributed by atoms with Crippen LogP contribution in [0, 0.1) is 0 Å². The van der Waals surface area contributed by atoms with E-state index in [9.17, 15) is 9.59 Å². The summed E-state index contributed by atoms with van der Waals surface area (Å²) >= 11 is 0. The highest BCUT2D eigenvalue weighted by molar-refractivity contribution is 5.88. The molecule has 1 aliphatic heterocycles. The van der Waals surface area contributed by atoms with E-state index in [0.717, 1.165) is 29.7 Å². The van der Waals surface area contributed by atoms with E-state index in [-0.39, 0.29) is 17.5 Å². The molecule has 3 heterocycles. The van der Waals surface area contributed by atoms with Gasteiger partial charge < -0.3 is 15.2 Å². The molecular formula is C20H24N4O2. The third-order valence-corrected chi connectivity index (χ3v) is 4.46. The summed E-state index contributed by atoms with van der Waals surface area (Å²) in [6.07, 6.45) is 8.67. The van der Waals surface area contributed by atoms with Crippen molar-refractivity contribution in [3.8, 4) is 11.1 Å². The minimum atomic E-state index is -0.158. The average molecular weight is 352 g/mol. The van der Waals surface area contributed by atoms with Crippen molar-refractivity contribution in [2.45, 2.75) is 32.7 Å². The summed E-state index contributed by atoms with van der Waals surface area (Å²) in [5.74, 6) is 0.0245. The van der Waals surface area contributed by atoms with Gasteiger partial charge in [0.2, 0.25) is 5.91 Å². The number of aromatic nitrogens is 2. The molecule has 2 aromatic rings. The number of nitrogens with zero attached hydrogens (tertiary/aromatic N) is 2. The molecule has 2 N–H and O–H groups in total. The molecule has 0 bridgehead atoms. The second-order valence-corrected chi connectivity index (χ2v) is 6.42. The average Bonchev–Trinajstić information content (AvgIpc) is 2.63. The number of rotatable bonds is 6. The lowest BCUT2D eigenvalue weighted by molar-refractivity contribution is -0.129. The molecule has 6 heteroatoms. The largest absolute Gasteiger partial charge is 0.374 e. The molecule has 1 aliphatic rings. The van der Waals surface area contributed by atoms with Gasteiger partial charge in [-0.2, -0.15) is 0 Å². The Balaban J connectivity index is 1.69. The number of hydrogen-bond donors (Lipinski definition) is 2. The maximum Gasteiger partial charge on any atom is 0.271 e. The summed E-state index contributed by atoms with van der Waals surface area (Å²) in [5, 5.41) is 3.25. The number of allylic oxidation sites excluding steroid dienone is 1. The highest BCUT2D eigenvalue weighted by atomic mass is 16.2. The number of carbonyl (C=O) groups excluding carboxylic acids is 1. The number of nitrogens with one attached hydrogen (secondary N) is 2. The van der Waals surface area contributed by atoms with E-state index in [0.29, 0.717) is 18.8 Å². The zero-order chi connectivity index (χ0) is 18.5. The Morgan fingerprint density at radius 3 is 2.88 bits per heavy atom. The summed E-state index contributed by atoms with van der Waals surface area (Å²) in [6, 6.07) is 5.91. The van der Waals surface area contributed by atoms with Crippen molar-refractivity contribution in [3.05, 3.63) is 58.8 Å². The van der Waals surface area contributed by atoms with E-state index in [1.165, 1.54) is 0 Å². The third kappa shape index (κ3) is 4.02. The Morgan fingerprint density at radius 1 is 1.35 bits per heavy atom. The standard InChI is InChI=1S/C20H24N4O2/c1-3-5-6-19(25)24-12-17(13-24)23-18-10-15(11-22-20(18)26)14-7-8-21-16(4-2)9-14/h5-11,17,23H,3-4,12-13H2,1-2H3,(H,22,26)/b6-5+. The summed E-state index contributed by atoms with van der Waals surface area (Å²) in [7, 11) is 0. The molecule has 3 rings (SSSR count). The molecule has 2 aromatic heterocycles. The van der Waals surface area contributed by atoms with Crippen LogP contribution in [0.5, 0.6) is 0 Å². The second-order valence-electron chi connectivity index (χ2n) is 6.42. The predicted molar refractivity (Wildman–Crippen MR) is 103 cm³/mol. The molecule has 0 saturated carbocycles. The van der Waals surface area contributed by atoms with Gasteiger partial charge in [0.15, 0.2) is 0 Å². The minimum Gasteiger partial charge on any atom is -0.374 e. The van der Waals surface area contributed by atoms with Gasteiger partial charge in [0, 0.05) is 36.7 Å². The second kappa shape index (κ2) is 7.99. The lowest BCUT2D eigenvalue weighted by Gasteiger charge is -2.39. The van der Waals surface area contributed by atoms with Crippen molar-refractivity contribution in [1.29, 1.82) is 0 Å². The monoisotopic (exact) mass is 352 g/mol. The number of aryl methyl sites for hydroxylation is 1. The SMILES string of the molecule is CC/C=C/C(=O)N1CC(Nc2cc(-c3ccnc(CC)c3)c[nH]c2=O)C1. The van der Waals surface area contributed by atoms with Crippen LogP contribution in [0.1, 0.15) is 26.0 Å². The van der Waals surface area contributed by atoms with Gasteiger partial charge in [-0.15, -0.1) is 0 Å². The molecule has 0 aliphatic carbocycles. The summed E-state index contributed by atoms with van der Waals surface area (Å²) in [5.41, 5.74) is 3.33. The topological polar surface area (TPSA) is 78.1 Å². The van der Waals surface area contributed by atoms with E-state index in [1.807, 2.05) is 31.2 Å². The first-order valence-corrected chi connectivity index (χ1v) is 9.00. The van der Waals surface area contributed by atoms with Crippen LogP contribution in [0.25, 0.3) is 11.1 Å². The fraction of sp³-hybridized carbons (Fsp3) is 0.350. The molecule has 1 saturated heterocycles. The number of anilines is 1. The zero-order valence-electron chi connectivity index (χ0n) is 15.2. The lowest BCUT2D eigenvalue weighted by atomic mass is 10.1. The first kappa shape index (κ1) is 17.9. The van der Waals surface area contributed by atoms with Gasteiger partial charge in [0.05, 0.1) is 6.04 Å². The van der Waals surface area contributed by atoms with Crippen LogP contribution >= 0.6 is 0 Å². The van der Waals surface area contributed by atoms with E-state index >= 15 is 0 Å². The van der Waals surface area contributed by atoms with Gasteiger partial charge in [0.25, 0.3) is 5.56 Å². The van der Waals surface area contributed by atoms with Crippen molar-refractivity contribution in [1.82, 2.24) is 14.9 Å². The molecule has 0 aromatic carbocycles. The van der Waals surface area contributed by atoms with Crippen LogP contribution in [-0.2, 0) is 11.2 Å². The summed E-state index contributed by atoms with van der Waals surface area (Å²) in [6.45, 7) is 5.26. The minimum absolute atomic E-state index is 0.0245. The molecule has 0 unspecified atom stereocenters. The number of H-pyrrole nitrogens is 1. The highest BCUT2D eigenvalue weighted by Gasteiger charge is 2.29. The summed E-state index contributed by atoms with van der Waals surface area (Å²) in [4.78, 5) is 32.9. The molecule has 1 amide bonds. The highest BCUT2D eigenvalue weighted by Crippen LogP contribution is 2.21. The van der Waals surface area contributed by atoms with Crippen molar-refractivity contribution in [3.63, 3.8) is 0 Å². The third-order valence-electron chi connectivity index (χ3n) is 4.46. The number of pyridine rings is 2. The Bertz CT molecular complexity index is 866. The quantitative estimate of drug-likeness (QED) is 0.784. The normalized spacial score (nSPS) is 14.5. The van der Waals surface area contributed by atoms with Gasteiger partial charge in [-0.25, -0.2) is 0 Å². The maximum absolute atomic E-state index is 12.1. The number of amides is 1. The van der Waals surface area contributed by atoms with Crippen molar-refractivity contribution in [2.24, 2.45) is 0 Å². The lowest BCUT2D eigenvalue weighted by Crippen LogP contribution is -2.57. The number of hydrogen-bond acceptors (Lipinski definition) is 4. The number of likely N-dealkylation sites (tertiary alicyclic amines) is 1. The van der Waals surface area contributed by atoms with E-state index in [1.54, 1.807) is 23.4 Å². The fourth-order valence-corrected chi connectivity index (χ4v) is 2.90. The van der Waals surface area contributed by atoms with Gasteiger partial charge in [-0.05, 0) is 42.7 Å². The number of carbonyl (C=O) groups is 1. The van der Waals surface area contributed by atoms with Crippen LogP contribution in [0.3, 0.4) is 0 Å². The molecule has 0 spiro atoms. The van der Waals surface area contributed by atoms with Crippen LogP contribution in [0.2, 0.25) is 0 Å². The Kier molecular flexibility index (Phi) is 5.51. The summed E-state index contributed by atoms with van der Waals surface area (Å²) < 4.78 is 0. The fourth-order valence-electron chi connectivity index (χ4n) is 2.90. The molecular weight excluding hydrogens is 328 g/mol. The van der Waals surface area contributed by atoms with Crippen molar-refractivity contribution >= 4 is 11.6 Å². The molecule has 1 fully saturated rings. The molecule has 6 nitrogen and oxygen atoms in total. The first-order chi connectivity index (χ1) is 12.6.